The highest BCUT2D eigenvalue weighted by Crippen LogP contribution is 2.36. The summed E-state index contributed by atoms with van der Waals surface area (Å²) in [5.41, 5.74) is 2.69. The van der Waals surface area contributed by atoms with Crippen molar-refractivity contribution < 1.29 is 24.1 Å². The van der Waals surface area contributed by atoms with Gasteiger partial charge in [0.2, 0.25) is 6.29 Å². The number of ether oxygens (including phenoxy) is 3. The second-order valence-corrected chi connectivity index (χ2v) is 5.56. The SMILES string of the molecule is C=C(C=O)COc1ccc2c(c1)OC(O)C(c1ccc(OC)cc1)=C2. The van der Waals surface area contributed by atoms with Crippen molar-refractivity contribution in [2.75, 3.05) is 13.7 Å². The Morgan fingerprint density at radius 3 is 2.64 bits per heavy atom. The molecular formula is C20H18O5. The number of rotatable bonds is 6. The van der Waals surface area contributed by atoms with Gasteiger partial charge in [0, 0.05) is 22.8 Å². The number of aliphatic hydroxyl groups is 1. The van der Waals surface area contributed by atoms with Crippen molar-refractivity contribution in [3.05, 3.63) is 65.7 Å². The van der Waals surface area contributed by atoms with Gasteiger partial charge < -0.3 is 19.3 Å². The summed E-state index contributed by atoms with van der Waals surface area (Å²) in [4.78, 5) is 10.6. The van der Waals surface area contributed by atoms with Gasteiger partial charge in [0.15, 0.2) is 0 Å². The van der Waals surface area contributed by atoms with E-state index in [1.54, 1.807) is 19.2 Å². The van der Waals surface area contributed by atoms with E-state index in [0.717, 1.165) is 16.9 Å². The molecule has 128 valence electrons. The molecule has 25 heavy (non-hydrogen) atoms. The van der Waals surface area contributed by atoms with Gasteiger partial charge in [-0.1, -0.05) is 18.7 Å². The largest absolute Gasteiger partial charge is 0.497 e. The van der Waals surface area contributed by atoms with E-state index in [1.165, 1.54) is 0 Å². The quantitative estimate of drug-likeness (QED) is 0.648. The van der Waals surface area contributed by atoms with E-state index < -0.39 is 6.29 Å². The zero-order valence-corrected chi connectivity index (χ0v) is 13.8. The Kier molecular flexibility index (Phi) is 4.86. The second kappa shape index (κ2) is 7.23. The number of carbonyl (C=O) groups is 1. The summed E-state index contributed by atoms with van der Waals surface area (Å²) in [5, 5.41) is 10.3. The summed E-state index contributed by atoms with van der Waals surface area (Å²) in [6, 6.07) is 12.7. The van der Waals surface area contributed by atoms with Crippen LogP contribution in [0.3, 0.4) is 0 Å². The molecule has 0 saturated heterocycles. The number of fused-ring (bicyclic) bond motifs is 1. The molecule has 0 aromatic heterocycles. The predicted octanol–water partition coefficient (Wildman–Crippen LogP) is 3.08. The molecule has 1 heterocycles. The topological polar surface area (TPSA) is 65.0 Å². The summed E-state index contributed by atoms with van der Waals surface area (Å²) in [6.45, 7) is 3.67. The Hall–Kier alpha value is -3.05. The van der Waals surface area contributed by atoms with E-state index in [2.05, 4.69) is 6.58 Å². The third-order valence-electron chi connectivity index (χ3n) is 3.81. The molecule has 5 heteroatoms. The van der Waals surface area contributed by atoms with Crippen LogP contribution in [0.1, 0.15) is 11.1 Å². The van der Waals surface area contributed by atoms with Crippen molar-refractivity contribution in [2.45, 2.75) is 6.29 Å². The first kappa shape index (κ1) is 16.8. The maximum absolute atomic E-state index is 10.6. The van der Waals surface area contributed by atoms with Crippen LogP contribution < -0.4 is 14.2 Å². The van der Waals surface area contributed by atoms with Gasteiger partial charge in [-0.25, -0.2) is 0 Å². The van der Waals surface area contributed by atoms with Gasteiger partial charge in [-0.15, -0.1) is 0 Å². The lowest BCUT2D eigenvalue weighted by molar-refractivity contribution is -0.105. The molecule has 1 N–H and O–H groups in total. The molecule has 0 fully saturated rings. The zero-order valence-electron chi connectivity index (χ0n) is 13.8. The van der Waals surface area contributed by atoms with Crippen LogP contribution in [0.5, 0.6) is 17.2 Å². The van der Waals surface area contributed by atoms with Crippen LogP contribution in [-0.2, 0) is 4.79 Å². The highest BCUT2D eigenvalue weighted by atomic mass is 16.6. The van der Waals surface area contributed by atoms with Crippen LogP contribution in [0.4, 0.5) is 0 Å². The monoisotopic (exact) mass is 338 g/mol. The summed E-state index contributed by atoms with van der Waals surface area (Å²) < 4.78 is 16.2. The average molecular weight is 338 g/mol. The fraction of sp³-hybridized carbons (Fsp3) is 0.150. The molecule has 0 aliphatic carbocycles. The third kappa shape index (κ3) is 3.72. The fourth-order valence-corrected chi connectivity index (χ4v) is 2.47. The zero-order chi connectivity index (χ0) is 17.8. The van der Waals surface area contributed by atoms with E-state index in [4.69, 9.17) is 14.2 Å². The number of hydrogen-bond acceptors (Lipinski definition) is 5. The lowest BCUT2D eigenvalue weighted by Gasteiger charge is -2.24. The molecular weight excluding hydrogens is 320 g/mol. The number of hydrogen-bond donors (Lipinski definition) is 1. The third-order valence-corrected chi connectivity index (χ3v) is 3.81. The molecule has 0 radical (unpaired) electrons. The van der Waals surface area contributed by atoms with Crippen molar-refractivity contribution in [3.8, 4) is 17.2 Å². The molecule has 0 saturated carbocycles. The van der Waals surface area contributed by atoms with Crippen molar-refractivity contribution in [1.82, 2.24) is 0 Å². The van der Waals surface area contributed by atoms with Gasteiger partial charge in [-0.2, -0.15) is 0 Å². The molecule has 1 atom stereocenters. The standard InChI is InChI=1S/C20H18O5/c1-13(11-21)12-24-17-8-5-15-9-18(20(22)25-19(15)10-17)14-3-6-16(23-2)7-4-14/h3-11,20,22H,1,12H2,2H3. The lowest BCUT2D eigenvalue weighted by Crippen LogP contribution is -2.21. The molecule has 1 aliphatic heterocycles. The molecule has 0 bridgehead atoms. The number of aldehydes is 1. The van der Waals surface area contributed by atoms with Crippen LogP contribution in [0, 0.1) is 0 Å². The first-order valence-corrected chi connectivity index (χ1v) is 7.71. The van der Waals surface area contributed by atoms with E-state index in [-0.39, 0.29) is 6.61 Å². The van der Waals surface area contributed by atoms with Gasteiger partial charge in [0.05, 0.1) is 7.11 Å². The second-order valence-electron chi connectivity index (χ2n) is 5.56. The predicted molar refractivity (Wildman–Crippen MR) is 94.6 cm³/mol. The van der Waals surface area contributed by atoms with Gasteiger partial charge in [0.25, 0.3) is 0 Å². The van der Waals surface area contributed by atoms with E-state index in [1.807, 2.05) is 36.4 Å². The molecule has 1 aliphatic rings. The van der Waals surface area contributed by atoms with Gasteiger partial charge in [0.1, 0.15) is 30.1 Å². The molecule has 2 aromatic carbocycles. The fourth-order valence-electron chi connectivity index (χ4n) is 2.47. The van der Waals surface area contributed by atoms with Crippen LogP contribution in [0.25, 0.3) is 11.6 Å². The molecule has 5 nitrogen and oxygen atoms in total. The van der Waals surface area contributed by atoms with E-state index in [9.17, 15) is 9.90 Å². The van der Waals surface area contributed by atoms with Crippen molar-refractivity contribution in [3.63, 3.8) is 0 Å². The maximum atomic E-state index is 10.6. The van der Waals surface area contributed by atoms with Crippen molar-refractivity contribution in [1.29, 1.82) is 0 Å². The van der Waals surface area contributed by atoms with Crippen LogP contribution in [0.15, 0.2) is 54.6 Å². The van der Waals surface area contributed by atoms with Gasteiger partial charge in [-0.05, 0) is 35.9 Å². The summed E-state index contributed by atoms with van der Waals surface area (Å²) in [7, 11) is 1.60. The van der Waals surface area contributed by atoms with E-state index in [0.29, 0.717) is 28.9 Å². The number of methoxy groups -OCH3 is 1. The van der Waals surface area contributed by atoms with Crippen LogP contribution in [-0.4, -0.2) is 31.4 Å². The molecule has 1 unspecified atom stereocenters. The van der Waals surface area contributed by atoms with Crippen molar-refractivity contribution in [2.24, 2.45) is 0 Å². The highest BCUT2D eigenvalue weighted by Gasteiger charge is 2.22. The minimum absolute atomic E-state index is 0.109. The Morgan fingerprint density at radius 2 is 1.96 bits per heavy atom. The van der Waals surface area contributed by atoms with E-state index >= 15 is 0 Å². The minimum atomic E-state index is -1.08. The normalized spacial score (nSPS) is 15.4. The number of carbonyl (C=O) groups excluding carboxylic acids is 1. The number of benzene rings is 2. The molecule has 0 amide bonds. The molecule has 3 rings (SSSR count). The minimum Gasteiger partial charge on any atom is -0.497 e. The Morgan fingerprint density at radius 1 is 1.24 bits per heavy atom. The van der Waals surface area contributed by atoms with Crippen LogP contribution >= 0.6 is 0 Å². The molecule has 2 aromatic rings. The first-order valence-electron chi connectivity index (χ1n) is 7.71. The number of aliphatic hydroxyl groups excluding tert-OH is 1. The summed E-state index contributed by atoms with van der Waals surface area (Å²) >= 11 is 0. The van der Waals surface area contributed by atoms with Gasteiger partial charge >= 0.3 is 0 Å². The smallest absolute Gasteiger partial charge is 0.224 e. The maximum Gasteiger partial charge on any atom is 0.224 e. The Balaban J connectivity index is 1.84. The lowest BCUT2D eigenvalue weighted by atomic mass is 9.99. The average Bonchev–Trinajstić information content (AvgIpc) is 2.65. The Bertz CT molecular complexity index is 820. The van der Waals surface area contributed by atoms with Gasteiger partial charge in [-0.3, -0.25) is 4.79 Å². The van der Waals surface area contributed by atoms with Crippen molar-refractivity contribution >= 4 is 17.9 Å². The first-order chi connectivity index (χ1) is 12.1. The summed E-state index contributed by atoms with van der Waals surface area (Å²) in [6.07, 6.45) is 1.45. The summed E-state index contributed by atoms with van der Waals surface area (Å²) in [5.74, 6) is 1.80. The molecule has 0 spiro atoms. The Labute approximate surface area is 145 Å². The highest BCUT2D eigenvalue weighted by molar-refractivity contribution is 5.86. The van der Waals surface area contributed by atoms with Crippen LogP contribution in [0.2, 0.25) is 0 Å².